The van der Waals surface area contributed by atoms with Gasteiger partial charge in [0.15, 0.2) is 0 Å². The SMILES string of the molecule is CCCNC(=O)CNCc1ncc(C)c([N+](=O)[O-])c1C. The molecule has 1 aromatic rings. The topological polar surface area (TPSA) is 97.2 Å². The molecule has 0 saturated carbocycles. The van der Waals surface area contributed by atoms with Gasteiger partial charge in [0.25, 0.3) is 5.69 Å². The zero-order valence-corrected chi connectivity index (χ0v) is 12.0. The van der Waals surface area contributed by atoms with Crippen LogP contribution >= 0.6 is 0 Å². The van der Waals surface area contributed by atoms with Crippen LogP contribution in [0.4, 0.5) is 5.69 Å². The predicted molar refractivity (Wildman–Crippen MR) is 75.4 cm³/mol. The second kappa shape index (κ2) is 7.54. The van der Waals surface area contributed by atoms with Gasteiger partial charge in [-0.2, -0.15) is 0 Å². The molecule has 0 saturated heterocycles. The Morgan fingerprint density at radius 3 is 2.75 bits per heavy atom. The van der Waals surface area contributed by atoms with E-state index in [2.05, 4.69) is 15.6 Å². The van der Waals surface area contributed by atoms with Gasteiger partial charge in [-0.1, -0.05) is 6.92 Å². The van der Waals surface area contributed by atoms with E-state index in [1.807, 2.05) is 6.92 Å². The summed E-state index contributed by atoms with van der Waals surface area (Å²) in [6.45, 7) is 6.45. The van der Waals surface area contributed by atoms with Crippen molar-refractivity contribution in [2.24, 2.45) is 0 Å². The van der Waals surface area contributed by atoms with Crippen LogP contribution in [0.2, 0.25) is 0 Å². The van der Waals surface area contributed by atoms with Crippen molar-refractivity contribution in [1.29, 1.82) is 0 Å². The molecule has 20 heavy (non-hydrogen) atoms. The van der Waals surface area contributed by atoms with Crippen molar-refractivity contribution >= 4 is 11.6 Å². The summed E-state index contributed by atoms with van der Waals surface area (Å²) in [5.41, 5.74) is 1.76. The molecular formula is C13H20N4O3. The van der Waals surface area contributed by atoms with E-state index in [1.54, 1.807) is 13.8 Å². The summed E-state index contributed by atoms with van der Waals surface area (Å²) in [7, 11) is 0. The average molecular weight is 280 g/mol. The first-order valence-electron chi connectivity index (χ1n) is 6.54. The molecular weight excluding hydrogens is 260 g/mol. The summed E-state index contributed by atoms with van der Waals surface area (Å²) in [5.74, 6) is -0.0916. The lowest BCUT2D eigenvalue weighted by Crippen LogP contribution is -2.34. The molecule has 0 spiro atoms. The Kier molecular flexibility index (Phi) is 6.05. The Morgan fingerprint density at radius 2 is 2.15 bits per heavy atom. The molecule has 7 nitrogen and oxygen atoms in total. The van der Waals surface area contributed by atoms with Gasteiger partial charge in [-0.05, 0) is 20.3 Å². The molecule has 0 atom stereocenters. The number of carbonyl (C=O) groups excluding carboxylic acids is 1. The van der Waals surface area contributed by atoms with Gasteiger partial charge in [0.1, 0.15) is 0 Å². The Labute approximate surface area is 117 Å². The summed E-state index contributed by atoms with van der Waals surface area (Å²) in [6, 6.07) is 0. The van der Waals surface area contributed by atoms with E-state index in [1.165, 1.54) is 6.20 Å². The molecule has 0 aliphatic rings. The monoisotopic (exact) mass is 280 g/mol. The van der Waals surface area contributed by atoms with Gasteiger partial charge in [0.2, 0.25) is 5.91 Å². The lowest BCUT2D eigenvalue weighted by Gasteiger charge is -2.09. The van der Waals surface area contributed by atoms with Crippen molar-refractivity contribution in [2.45, 2.75) is 33.7 Å². The molecule has 0 aromatic carbocycles. The third kappa shape index (κ3) is 4.27. The number of pyridine rings is 1. The van der Waals surface area contributed by atoms with Gasteiger partial charge in [-0.25, -0.2) is 0 Å². The van der Waals surface area contributed by atoms with E-state index in [-0.39, 0.29) is 18.1 Å². The maximum atomic E-state index is 11.4. The number of hydrogen-bond donors (Lipinski definition) is 2. The van der Waals surface area contributed by atoms with Crippen molar-refractivity contribution in [3.8, 4) is 0 Å². The van der Waals surface area contributed by atoms with E-state index < -0.39 is 4.92 Å². The highest BCUT2D eigenvalue weighted by Crippen LogP contribution is 2.23. The highest BCUT2D eigenvalue weighted by atomic mass is 16.6. The second-order valence-electron chi connectivity index (χ2n) is 4.57. The van der Waals surface area contributed by atoms with Crippen LogP contribution in [0.25, 0.3) is 0 Å². The smallest absolute Gasteiger partial charge is 0.278 e. The van der Waals surface area contributed by atoms with E-state index in [4.69, 9.17) is 0 Å². The van der Waals surface area contributed by atoms with Gasteiger partial charge < -0.3 is 10.6 Å². The zero-order valence-electron chi connectivity index (χ0n) is 12.0. The lowest BCUT2D eigenvalue weighted by molar-refractivity contribution is -0.386. The van der Waals surface area contributed by atoms with Crippen molar-refractivity contribution in [1.82, 2.24) is 15.6 Å². The normalized spacial score (nSPS) is 10.3. The van der Waals surface area contributed by atoms with Crippen LogP contribution in [0.5, 0.6) is 0 Å². The van der Waals surface area contributed by atoms with E-state index in [9.17, 15) is 14.9 Å². The number of amides is 1. The summed E-state index contributed by atoms with van der Waals surface area (Å²) >= 11 is 0. The fourth-order valence-corrected chi connectivity index (χ4v) is 1.85. The van der Waals surface area contributed by atoms with E-state index in [0.29, 0.717) is 29.9 Å². The summed E-state index contributed by atoms with van der Waals surface area (Å²) < 4.78 is 0. The third-order valence-electron chi connectivity index (χ3n) is 2.91. The van der Waals surface area contributed by atoms with Crippen LogP contribution in [0.15, 0.2) is 6.20 Å². The van der Waals surface area contributed by atoms with Crippen LogP contribution in [0, 0.1) is 24.0 Å². The van der Waals surface area contributed by atoms with Gasteiger partial charge in [-0.3, -0.25) is 19.9 Å². The first-order chi connectivity index (χ1) is 9.47. The number of rotatable bonds is 7. The lowest BCUT2D eigenvalue weighted by atomic mass is 10.1. The summed E-state index contributed by atoms with van der Waals surface area (Å²) in [5, 5.41) is 16.7. The molecule has 0 unspecified atom stereocenters. The predicted octanol–water partition coefficient (Wildman–Crippen LogP) is 1.22. The van der Waals surface area contributed by atoms with Crippen molar-refractivity contribution in [3.05, 3.63) is 33.1 Å². The summed E-state index contributed by atoms with van der Waals surface area (Å²) in [6.07, 6.45) is 2.37. The molecule has 0 fully saturated rings. The van der Waals surface area contributed by atoms with Crippen molar-refractivity contribution in [3.63, 3.8) is 0 Å². The molecule has 1 aromatic heterocycles. The first-order valence-corrected chi connectivity index (χ1v) is 6.54. The average Bonchev–Trinajstić information content (AvgIpc) is 2.38. The molecule has 0 bridgehead atoms. The van der Waals surface area contributed by atoms with Crippen LogP contribution < -0.4 is 10.6 Å². The number of carbonyl (C=O) groups is 1. The van der Waals surface area contributed by atoms with Crippen LogP contribution in [0.1, 0.15) is 30.2 Å². The highest BCUT2D eigenvalue weighted by Gasteiger charge is 2.18. The van der Waals surface area contributed by atoms with Crippen LogP contribution in [0.3, 0.4) is 0 Å². The van der Waals surface area contributed by atoms with Crippen molar-refractivity contribution < 1.29 is 9.72 Å². The third-order valence-corrected chi connectivity index (χ3v) is 2.91. The first kappa shape index (κ1) is 16.0. The van der Waals surface area contributed by atoms with Gasteiger partial charge >= 0.3 is 0 Å². The zero-order chi connectivity index (χ0) is 15.1. The number of aromatic nitrogens is 1. The Balaban J connectivity index is 2.63. The molecule has 2 N–H and O–H groups in total. The van der Waals surface area contributed by atoms with E-state index >= 15 is 0 Å². The van der Waals surface area contributed by atoms with Gasteiger partial charge in [0, 0.05) is 30.4 Å². The maximum absolute atomic E-state index is 11.4. The standard InChI is InChI=1S/C13H20N4O3/c1-4-5-15-12(18)8-14-7-11-10(3)13(17(19)20)9(2)6-16-11/h6,14H,4-5,7-8H2,1-3H3,(H,15,18). The molecule has 7 heteroatoms. The number of aryl methyl sites for hydroxylation is 1. The molecule has 1 heterocycles. The number of hydrogen-bond acceptors (Lipinski definition) is 5. The maximum Gasteiger partial charge on any atom is 0.278 e. The quantitative estimate of drug-likeness (QED) is 0.578. The minimum atomic E-state index is -0.399. The second-order valence-corrected chi connectivity index (χ2v) is 4.57. The Bertz CT molecular complexity index is 503. The fraction of sp³-hybridized carbons (Fsp3) is 0.538. The molecule has 110 valence electrons. The molecule has 0 aliphatic carbocycles. The summed E-state index contributed by atoms with van der Waals surface area (Å²) in [4.78, 5) is 26.2. The molecule has 1 rings (SSSR count). The van der Waals surface area contributed by atoms with Crippen molar-refractivity contribution in [2.75, 3.05) is 13.1 Å². The van der Waals surface area contributed by atoms with Crippen LogP contribution in [-0.2, 0) is 11.3 Å². The fourth-order valence-electron chi connectivity index (χ4n) is 1.85. The Morgan fingerprint density at radius 1 is 1.45 bits per heavy atom. The number of nitrogens with one attached hydrogen (secondary N) is 2. The van der Waals surface area contributed by atoms with E-state index in [0.717, 1.165) is 6.42 Å². The van der Waals surface area contributed by atoms with Gasteiger partial charge in [0.05, 0.1) is 17.2 Å². The minimum Gasteiger partial charge on any atom is -0.355 e. The van der Waals surface area contributed by atoms with Crippen LogP contribution in [-0.4, -0.2) is 28.9 Å². The number of nitrogens with zero attached hydrogens (tertiary/aromatic N) is 2. The molecule has 0 aliphatic heterocycles. The molecule has 0 radical (unpaired) electrons. The molecule has 1 amide bonds. The van der Waals surface area contributed by atoms with Gasteiger partial charge in [-0.15, -0.1) is 0 Å². The largest absolute Gasteiger partial charge is 0.355 e. The highest BCUT2D eigenvalue weighted by molar-refractivity contribution is 5.77. The number of nitro groups is 1. The minimum absolute atomic E-state index is 0.0900. The Hall–Kier alpha value is -2.02.